The van der Waals surface area contributed by atoms with Crippen molar-refractivity contribution in [3.05, 3.63) is 69.4 Å². The van der Waals surface area contributed by atoms with Crippen LogP contribution in [0.3, 0.4) is 0 Å². The van der Waals surface area contributed by atoms with Gasteiger partial charge in [-0.1, -0.05) is 17.7 Å². The van der Waals surface area contributed by atoms with Crippen LogP contribution in [-0.4, -0.2) is 24.9 Å². The second-order valence-electron chi connectivity index (χ2n) is 5.57. The van der Waals surface area contributed by atoms with Crippen molar-refractivity contribution in [3.63, 3.8) is 0 Å². The number of nitrogens with zero attached hydrogens (tertiary/aromatic N) is 5. The average molecular weight is 426 g/mol. The van der Waals surface area contributed by atoms with Crippen molar-refractivity contribution in [1.29, 1.82) is 0 Å². The van der Waals surface area contributed by atoms with Gasteiger partial charge in [0, 0.05) is 25.1 Å². The zero-order valence-corrected chi connectivity index (χ0v) is 15.1. The van der Waals surface area contributed by atoms with E-state index in [1.165, 1.54) is 0 Å². The van der Waals surface area contributed by atoms with Gasteiger partial charge in [-0.15, -0.1) is 0 Å². The summed E-state index contributed by atoms with van der Waals surface area (Å²) in [5.41, 5.74) is -0.819. The molecule has 0 radical (unpaired) electrons. The molecule has 3 heterocycles. The standard InChI is InChI=1S/C16H11ClF3N7O2/c17-11-4-10(16(18,19)20)7-23-13(11)26-15-12(27(28)29)14(24-8-25-15)22-6-9-2-1-3-21-5-9/h1-5,7-8H,6H2,(H2,22,23,24,25,26). The Bertz CT molecular complexity index is 1030. The number of alkyl halides is 3. The molecule has 0 saturated heterocycles. The predicted octanol–water partition coefficient (Wildman–Crippen LogP) is 4.20. The van der Waals surface area contributed by atoms with Crippen molar-refractivity contribution in [2.24, 2.45) is 0 Å². The minimum atomic E-state index is -4.63. The first-order valence-electron chi connectivity index (χ1n) is 7.87. The number of hydrogen-bond donors (Lipinski definition) is 2. The van der Waals surface area contributed by atoms with E-state index in [0.717, 1.165) is 11.9 Å². The van der Waals surface area contributed by atoms with Gasteiger partial charge in [-0.25, -0.2) is 15.0 Å². The Morgan fingerprint density at radius 1 is 1.14 bits per heavy atom. The summed E-state index contributed by atoms with van der Waals surface area (Å²) in [6.45, 7) is 0.199. The Hall–Kier alpha value is -3.54. The second kappa shape index (κ2) is 8.22. The largest absolute Gasteiger partial charge is 0.417 e. The van der Waals surface area contributed by atoms with E-state index in [1.54, 1.807) is 24.5 Å². The van der Waals surface area contributed by atoms with Crippen LogP contribution in [0.2, 0.25) is 5.02 Å². The molecule has 9 nitrogen and oxygen atoms in total. The number of nitrogens with one attached hydrogen (secondary N) is 2. The van der Waals surface area contributed by atoms with Gasteiger partial charge in [0.25, 0.3) is 0 Å². The monoisotopic (exact) mass is 425 g/mol. The van der Waals surface area contributed by atoms with Gasteiger partial charge in [0.05, 0.1) is 15.5 Å². The van der Waals surface area contributed by atoms with Crippen LogP contribution in [0.15, 0.2) is 43.1 Å². The van der Waals surface area contributed by atoms with E-state index in [1.807, 2.05) is 0 Å². The number of hydrogen-bond acceptors (Lipinski definition) is 8. The number of nitro groups is 1. The molecule has 2 N–H and O–H groups in total. The fourth-order valence-corrected chi connectivity index (χ4v) is 2.47. The van der Waals surface area contributed by atoms with Crippen molar-refractivity contribution in [2.75, 3.05) is 10.6 Å². The van der Waals surface area contributed by atoms with Gasteiger partial charge < -0.3 is 10.6 Å². The summed E-state index contributed by atoms with van der Waals surface area (Å²) in [5.74, 6) is -0.605. The van der Waals surface area contributed by atoms with E-state index in [9.17, 15) is 23.3 Å². The van der Waals surface area contributed by atoms with Gasteiger partial charge in [-0.3, -0.25) is 15.1 Å². The molecule has 0 bridgehead atoms. The first-order chi connectivity index (χ1) is 13.8. The van der Waals surface area contributed by atoms with Crippen LogP contribution < -0.4 is 10.6 Å². The number of anilines is 3. The molecule has 0 saturated carbocycles. The van der Waals surface area contributed by atoms with E-state index < -0.39 is 22.4 Å². The molecule has 3 aromatic heterocycles. The van der Waals surface area contributed by atoms with Crippen molar-refractivity contribution in [3.8, 4) is 0 Å². The van der Waals surface area contributed by atoms with Crippen molar-refractivity contribution >= 4 is 34.7 Å². The minimum absolute atomic E-state index is 0.0978. The van der Waals surface area contributed by atoms with Gasteiger partial charge in [0.1, 0.15) is 6.33 Å². The Morgan fingerprint density at radius 3 is 2.52 bits per heavy atom. The Balaban J connectivity index is 1.89. The summed E-state index contributed by atoms with van der Waals surface area (Å²) < 4.78 is 38.2. The molecule has 0 aliphatic carbocycles. The highest BCUT2D eigenvalue weighted by molar-refractivity contribution is 6.33. The highest BCUT2D eigenvalue weighted by Crippen LogP contribution is 2.35. The van der Waals surface area contributed by atoms with Gasteiger partial charge in [0.15, 0.2) is 5.82 Å². The molecule has 0 amide bonds. The van der Waals surface area contributed by atoms with Crippen molar-refractivity contribution in [2.45, 2.75) is 12.7 Å². The Kier molecular flexibility index (Phi) is 5.73. The Labute approximate surface area is 166 Å². The van der Waals surface area contributed by atoms with E-state index >= 15 is 0 Å². The summed E-state index contributed by atoms with van der Waals surface area (Å²) in [4.78, 5) is 26.0. The van der Waals surface area contributed by atoms with Gasteiger partial charge in [0.2, 0.25) is 11.6 Å². The SMILES string of the molecule is O=[N+]([O-])c1c(NCc2cccnc2)ncnc1Nc1ncc(C(F)(F)F)cc1Cl. The zero-order chi connectivity index (χ0) is 21.0. The molecule has 0 spiro atoms. The number of pyridine rings is 2. The molecule has 0 unspecified atom stereocenters. The van der Waals surface area contributed by atoms with Crippen LogP contribution in [0.25, 0.3) is 0 Å². The number of aromatic nitrogens is 4. The molecule has 3 rings (SSSR count). The fraction of sp³-hybridized carbons (Fsp3) is 0.125. The number of halogens is 4. The molecule has 13 heteroatoms. The Morgan fingerprint density at radius 2 is 1.90 bits per heavy atom. The molecular weight excluding hydrogens is 415 g/mol. The van der Waals surface area contributed by atoms with Crippen LogP contribution in [0.1, 0.15) is 11.1 Å². The van der Waals surface area contributed by atoms with Gasteiger partial charge in [-0.2, -0.15) is 13.2 Å². The first-order valence-corrected chi connectivity index (χ1v) is 8.25. The van der Waals surface area contributed by atoms with Crippen LogP contribution in [0, 0.1) is 10.1 Å². The predicted molar refractivity (Wildman–Crippen MR) is 97.8 cm³/mol. The van der Waals surface area contributed by atoms with Crippen LogP contribution >= 0.6 is 11.6 Å². The summed E-state index contributed by atoms with van der Waals surface area (Å²) in [6, 6.07) is 4.13. The zero-order valence-electron chi connectivity index (χ0n) is 14.3. The maximum absolute atomic E-state index is 12.7. The molecule has 3 aromatic rings. The lowest BCUT2D eigenvalue weighted by atomic mass is 10.2. The summed E-state index contributed by atoms with van der Waals surface area (Å²) in [5, 5.41) is 16.5. The average Bonchev–Trinajstić information content (AvgIpc) is 2.67. The lowest BCUT2D eigenvalue weighted by Gasteiger charge is -2.12. The minimum Gasteiger partial charge on any atom is -0.360 e. The topological polar surface area (TPSA) is 119 Å². The van der Waals surface area contributed by atoms with Crippen LogP contribution in [0.4, 0.5) is 36.3 Å². The fourth-order valence-electron chi connectivity index (χ4n) is 2.26. The van der Waals surface area contributed by atoms with E-state index in [2.05, 4.69) is 30.6 Å². The molecule has 0 aliphatic heterocycles. The van der Waals surface area contributed by atoms with Gasteiger partial charge >= 0.3 is 11.9 Å². The molecule has 150 valence electrons. The van der Waals surface area contributed by atoms with Crippen LogP contribution in [0.5, 0.6) is 0 Å². The maximum atomic E-state index is 12.7. The van der Waals surface area contributed by atoms with Crippen LogP contribution in [-0.2, 0) is 12.7 Å². The third-order valence-corrected chi connectivity index (χ3v) is 3.88. The normalized spacial score (nSPS) is 11.2. The molecule has 0 aliphatic rings. The van der Waals surface area contributed by atoms with E-state index in [-0.39, 0.29) is 29.0 Å². The molecule has 0 fully saturated rings. The molecular formula is C16H11ClF3N7O2. The summed E-state index contributed by atoms with van der Waals surface area (Å²) in [7, 11) is 0. The van der Waals surface area contributed by atoms with Crippen molar-refractivity contribution in [1.82, 2.24) is 19.9 Å². The quantitative estimate of drug-likeness (QED) is 0.445. The molecule has 0 aromatic carbocycles. The summed E-state index contributed by atoms with van der Waals surface area (Å²) in [6.07, 6.45) is 0.145. The highest BCUT2D eigenvalue weighted by atomic mass is 35.5. The molecule has 0 atom stereocenters. The maximum Gasteiger partial charge on any atom is 0.417 e. The third-order valence-electron chi connectivity index (χ3n) is 3.59. The summed E-state index contributed by atoms with van der Waals surface area (Å²) >= 11 is 5.84. The van der Waals surface area contributed by atoms with Crippen molar-refractivity contribution < 1.29 is 18.1 Å². The van der Waals surface area contributed by atoms with Gasteiger partial charge in [-0.05, 0) is 17.7 Å². The number of rotatable bonds is 6. The smallest absolute Gasteiger partial charge is 0.360 e. The second-order valence-corrected chi connectivity index (χ2v) is 5.98. The van der Waals surface area contributed by atoms with E-state index in [4.69, 9.17) is 11.6 Å². The highest BCUT2D eigenvalue weighted by Gasteiger charge is 2.32. The third kappa shape index (κ3) is 4.85. The lowest BCUT2D eigenvalue weighted by molar-refractivity contribution is -0.383. The first kappa shape index (κ1) is 20.2. The molecule has 29 heavy (non-hydrogen) atoms. The van der Waals surface area contributed by atoms with E-state index in [0.29, 0.717) is 12.3 Å². The lowest BCUT2D eigenvalue weighted by Crippen LogP contribution is -2.10.